The van der Waals surface area contributed by atoms with Crippen LogP contribution in [-0.2, 0) is 0 Å². The molecule has 0 atom stereocenters. The van der Waals surface area contributed by atoms with Gasteiger partial charge in [-0.05, 0) is 41.6 Å². The number of hydrogen-bond donors (Lipinski definition) is 0. The molecule has 3 rings (SSSR count). The van der Waals surface area contributed by atoms with Gasteiger partial charge in [0.1, 0.15) is 0 Å². The molecule has 0 radical (unpaired) electrons. The summed E-state index contributed by atoms with van der Waals surface area (Å²) in [5.41, 5.74) is 4.17. The van der Waals surface area contributed by atoms with Gasteiger partial charge in [0.15, 0.2) is 5.58 Å². The Balaban J connectivity index is 1.93. The Hall–Kier alpha value is -2.36. The van der Waals surface area contributed by atoms with E-state index in [1.807, 2.05) is 30.5 Å². The van der Waals surface area contributed by atoms with Crippen molar-refractivity contribution in [3.05, 3.63) is 42.2 Å². The lowest BCUT2D eigenvalue weighted by Gasteiger charge is -2.17. The monoisotopic (exact) mass is 310 g/mol. The van der Waals surface area contributed by atoms with Gasteiger partial charge in [0.2, 0.25) is 0 Å². The molecule has 0 bridgehead atoms. The number of aromatic nitrogens is 2. The van der Waals surface area contributed by atoms with Gasteiger partial charge < -0.3 is 9.26 Å². The molecule has 2 aromatic heterocycles. The molecule has 3 aromatic rings. The third-order valence-electron chi connectivity index (χ3n) is 3.89. The Bertz CT molecular complexity index is 816. The molecule has 4 heteroatoms. The number of rotatable bonds is 4. The zero-order valence-electron chi connectivity index (χ0n) is 14.1. The van der Waals surface area contributed by atoms with Crippen LogP contribution in [0.5, 0.6) is 5.88 Å². The first kappa shape index (κ1) is 15.5. The van der Waals surface area contributed by atoms with Crippen molar-refractivity contribution in [2.45, 2.75) is 34.1 Å². The molecular weight excluding hydrogens is 288 g/mol. The van der Waals surface area contributed by atoms with Gasteiger partial charge in [0.25, 0.3) is 5.88 Å². The first-order valence-electron chi connectivity index (χ1n) is 7.88. The van der Waals surface area contributed by atoms with Gasteiger partial charge >= 0.3 is 0 Å². The highest BCUT2D eigenvalue weighted by Gasteiger charge is 2.16. The van der Waals surface area contributed by atoms with Crippen LogP contribution in [0.2, 0.25) is 0 Å². The average molecular weight is 310 g/mol. The van der Waals surface area contributed by atoms with Crippen LogP contribution in [0.1, 0.15) is 32.8 Å². The predicted molar refractivity (Wildman–Crippen MR) is 91.5 cm³/mol. The lowest BCUT2D eigenvalue weighted by molar-refractivity contribution is 0.228. The minimum Gasteiger partial charge on any atom is -0.475 e. The van der Waals surface area contributed by atoms with Crippen molar-refractivity contribution in [2.75, 3.05) is 6.61 Å². The number of aryl methyl sites for hydroxylation is 1. The summed E-state index contributed by atoms with van der Waals surface area (Å²) in [4.78, 5) is 4.22. The Morgan fingerprint density at radius 3 is 2.70 bits per heavy atom. The van der Waals surface area contributed by atoms with E-state index in [1.54, 1.807) is 6.20 Å². The molecule has 0 aliphatic heterocycles. The first-order chi connectivity index (χ1) is 11.0. The molecule has 0 amide bonds. The zero-order valence-corrected chi connectivity index (χ0v) is 14.1. The normalized spacial score (nSPS) is 11.8. The van der Waals surface area contributed by atoms with E-state index in [2.05, 4.69) is 37.8 Å². The van der Waals surface area contributed by atoms with E-state index in [4.69, 9.17) is 9.26 Å². The summed E-state index contributed by atoms with van der Waals surface area (Å²) in [6, 6.07) is 7.99. The smallest absolute Gasteiger partial charge is 0.262 e. The van der Waals surface area contributed by atoms with E-state index >= 15 is 0 Å². The van der Waals surface area contributed by atoms with Crippen molar-refractivity contribution in [2.24, 2.45) is 5.41 Å². The fourth-order valence-corrected chi connectivity index (χ4v) is 2.46. The maximum absolute atomic E-state index is 5.84. The van der Waals surface area contributed by atoms with Gasteiger partial charge in [-0.3, -0.25) is 4.98 Å². The van der Waals surface area contributed by atoms with E-state index in [0.29, 0.717) is 12.5 Å². The summed E-state index contributed by atoms with van der Waals surface area (Å²) in [6.07, 6.45) is 4.61. The summed E-state index contributed by atoms with van der Waals surface area (Å²) < 4.78 is 11.4. The van der Waals surface area contributed by atoms with Crippen LogP contribution < -0.4 is 4.74 Å². The second-order valence-electron chi connectivity index (χ2n) is 7.02. The van der Waals surface area contributed by atoms with Crippen molar-refractivity contribution in [3.63, 3.8) is 0 Å². The van der Waals surface area contributed by atoms with Crippen molar-refractivity contribution in [1.82, 2.24) is 10.1 Å². The van der Waals surface area contributed by atoms with Gasteiger partial charge in [-0.2, -0.15) is 0 Å². The number of pyridine rings is 1. The molecule has 0 spiro atoms. The summed E-state index contributed by atoms with van der Waals surface area (Å²) >= 11 is 0. The molecule has 0 N–H and O–H groups in total. The quantitative estimate of drug-likeness (QED) is 0.679. The van der Waals surface area contributed by atoms with Crippen molar-refractivity contribution >= 4 is 11.0 Å². The van der Waals surface area contributed by atoms with Crippen LogP contribution in [0.4, 0.5) is 0 Å². The largest absolute Gasteiger partial charge is 0.475 e. The molecule has 1 aromatic carbocycles. The number of ether oxygens (including phenoxy) is 1. The van der Waals surface area contributed by atoms with E-state index < -0.39 is 0 Å². The average Bonchev–Trinajstić information content (AvgIpc) is 2.90. The highest BCUT2D eigenvalue weighted by molar-refractivity contribution is 5.95. The predicted octanol–water partition coefficient (Wildman–Crippen LogP) is 5.01. The van der Waals surface area contributed by atoms with Crippen LogP contribution in [0.25, 0.3) is 22.1 Å². The molecule has 120 valence electrons. The number of para-hydroxylation sites is 1. The van der Waals surface area contributed by atoms with Gasteiger partial charge in [-0.15, -0.1) is 0 Å². The first-order valence-corrected chi connectivity index (χ1v) is 7.88. The third-order valence-corrected chi connectivity index (χ3v) is 3.89. The Morgan fingerprint density at radius 2 is 1.96 bits per heavy atom. The molecule has 2 heterocycles. The van der Waals surface area contributed by atoms with Gasteiger partial charge in [0, 0.05) is 23.5 Å². The molecule has 0 saturated carbocycles. The number of hydrogen-bond acceptors (Lipinski definition) is 4. The number of benzene rings is 1. The molecule has 23 heavy (non-hydrogen) atoms. The minimum atomic E-state index is 0.234. The minimum absolute atomic E-state index is 0.234. The number of nitrogens with zero attached hydrogens (tertiary/aromatic N) is 2. The fraction of sp³-hybridized carbons (Fsp3) is 0.368. The van der Waals surface area contributed by atoms with Crippen LogP contribution >= 0.6 is 0 Å². The molecule has 4 nitrogen and oxygen atoms in total. The second-order valence-corrected chi connectivity index (χ2v) is 7.02. The molecular formula is C19H22N2O2. The highest BCUT2D eigenvalue weighted by Crippen LogP contribution is 2.34. The summed E-state index contributed by atoms with van der Waals surface area (Å²) in [5.74, 6) is 0.563. The number of fused-ring (bicyclic) bond motifs is 1. The lowest BCUT2D eigenvalue weighted by Crippen LogP contribution is -2.11. The second kappa shape index (κ2) is 6.03. The highest BCUT2D eigenvalue weighted by atomic mass is 16.5. The molecule has 0 aliphatic rings. The van der Waals surface area contributed by atoms with Crippen LogP contribution in [-0.4, -0.2) is 16.7 Å². The standard InChI is InChI=1S/C19H22N2O2/c1-13-8-10-20-12-16(13)14-6-5-7-15-17(14)23-21-18(15)22-11-9-19(2,3)4/h5-8,10,12H,9,11H2,1-4H3. The van der Waals surface area contributed by atoms with Crippen LogP contribution in [0.15, 0.2) is 41.2 Å². The fourth-order valence-electron chi connectivity index (χ4n) is 2.46. The molecule has 0 aliphatic carbocycles. The van der Waals surface area contributed by atoms with E-state index in [1.165, 1.54) is 0 Å². The van der Waals surface area contributed by atoms with E-state index in [0.717, 1.165) is 34.1 Å². The van der Waals surface area contributed by atoms with E-state index in [9.17, 15) is 0 Å². The molecule has 0 unspecified atom stereocenters. The van der Waals surface area contributed by atoms with Gasteiger partial charge in [-0.1, -0.05) is 32.9 Å². The van der Waals surface area contributed by atoms with E-state index in [-0.39, 0.29) is 5.41 Å². The third kappa shape index (κ3) is 3.36. The summed E-state index contributed by atoms with van der Waals surface area (Å²) in [7, 11) is 0. The van der Waals surface area contributed by atoms with Crippen molar-refractivity contribution < 1.29 is 9.26 Å². The summed E-state index contributed by atoms with van der Waals surface area (Å²) in [6.45, 7) is 9.27. The SMILES string of the molecule is Cc1ccncc1-c1cccc2c(OCCC(C)(C)C)noc12. The Kier molecular flexibility index (Phi) is 4.07. The Morgan fingerprint density at radius 1 is 1.13 bits per heavy atom. The van der Waals surface area contributed by atoms with Crippen LogP contribution in [0, 0.1) is 12.3 Å². The lowest BCUT2D eigenvalue weighted by atomic mass is 9.93. The molecule has 0 fully saturated rings. The maximum Gasteiger partial charge on any atom is 0.262 e. The zero-order chi connectivity index (χ0) is 16.4. The van der Waals surface area contributed by atoms with Crippen LogP contribution in [0.3, 0.4) is 0 Å². The van der Waals surface area contributed by atoms with Gasteiger partial charge in [0.05, 0.1) is 12.0 Å². The maximum atomic E-state index is 5.84. The molecule has 0 saturated heterocycles. The topological polar surface area (TPSA) is 48.2 Å². The Labute approximate surface area is 136 Å². The van der Waals surface area contributed by atoms with Crippen molar-refractivity contribution in [3.8, 4) is 17.0 Å². The summed E-state index contributed by atoms with van der Waals surface area (Å²) in [5, 5.41) is 5.02. The van der Waals surface area contributed by atoms with Gasteiger partial charge in [-0.25, -0.2) is 0 Å². The van der Waals surface area contributed by atoms with Crippen molar-refractivity contribution in [1.29, 1.82) is 0 Å².